The monoisotopic (exact) mass is 486 g/mol. The summed E-state index contributed by atoms with van der Waals surface area (Å²) in [6, 6.07) is 3.11. The summed E-state index contributed by atoms with van der Waals surface area (Å²) in [5, 5.41) is 30.3. The van der Waals surface area contributed by atoms with Crippen molar-refractivity contribution in [2.75, 3.05) is 0 Å². The number of hydrogen-bond donors (Lipinski definition) is 1. The summed E-state index contributed by atoms with van der Waals surface area (Å²) >= 11 is 16.3. The van der Waals surface area contributed by atoms with Crippen LogP contribution in [0.15, 0.2) is 49.3 Å². The SMILES string of the molecule is Clc1ccnc(Cl)n1.O=[N+]([O-])c1cn[nH]c1.O=[N+]([O-])c1cnn(-c2ccnc(Cl)n2)c1. The van der Waals surface area contributed by atoms with Gasteiger partial charge in [0.25, 0.3) is 0 Å². The van der Waals surface area contributed by atoms with E-state index in [0.717, 1.165) is 12.4 Å². The molecule has 4 aromatic heterocycles. The van der Waals surface area contributed by atoms with Crippen LogP contribution in [0.4, 0.5) is 11.4 Å². The standard InChI is InChI=1S/C7H4ClN5O2.C4H2Cl2N2.C3H3N3O2/c8-7-9-2-1-6(11-7)12-4-5(3-10-12)13(14)15;5-3-1-2-7-4(6)8-3;7-6(8)3-1-4-5-2-3/h1-4H;1-2H;1-2H,(H,4,5). The summed E-state index contributed by atoms with van der Waals surface area (Å²) in [5.74, 6) is 0.378. The molecule has 0 fully saturated rings. The van der Waals surface area contributed by atoms with Crippen molar-refractivity contribution >= 4 is 46.2 Å². The van der Waals surface area contributed by atoms with E-state index in [1.807, 2.05) is 0 Å². The molecule has 4 aromatic rings. The zero-order valence-corrected chi connectivity index (χ0v) is 17.2. The lowest BCUT2D eigenvalue weighted by Gasteiger charge is -1.97. The van der Waals surface area contributed by atoms with Gasteiger partial charge >= 0.3 is 11.4 Å². The van der Waals surface area contributed by atoms with E-state index in [1.165, 1.54) is 29.5 Å². The molecule has 0 spiro atoms. The average molecular weight is 488 g/mol. The van der Waals surface area contributed by atoms with Crippen molar-refractivity contribution < 1.29 is 9.85 Å². The quantitative estimate of drug-likeness (QED) is 0.194. The molecule has 0 aromatic carbocycles. The molecule has 1 N–H and O–H groups in total. The van der Waals surface area contributed by atoms with Gasteiger partial charge in [0, 0.05) is 18.5 Å². The van der Waals surface area contributed by atoms with Gasteiger partial charge in [0.05, 0.1) is 16.0 Å². The Balaban J connectivity index is 0.000000181. The van der Waals surface area contributed by atoms with Crippen molar-refractivity contribution in [2.24, 2.45) is 0 Å². The van der Waals surface area contributed by atoms with Gasteiger partial charge < -0.3 is 0 Å². The lowest BCUT2D eigenvalue weighted by Crippen LogP contribution is -1.98. The lowest BCUT2D eigenvalue weighted by molar-refractivity contribution is -0.385. The van der Waals surface area contributed by atoms with Crippen molar-refractivity contribution in [1.82, 2.24) is 39.9 Å². The Morgan fingerprint density at radius 1 is 0.903 bits per heavy atom. The number of nitrogens with one attached hydrogen (secondary N) is 1. The van der Waals surface area contributed by atoms with Crippen LogP contribution < -0.4 is 0 Å². The number of aromatic nitrogens is 8. The van der Waals surface area contributed by atoms with Crippen LogP contribution in [0, 0.1) is 20.2 Å². The van der Waals surface area contributed by atoms with E-state index in [9.17, 15) is 20.2 Å². The third kappa shape index (κ3) is 7.88. The fraction of sp³-hybridized carbons (Fsp3) is 0. The predicted octanol–water partition coefficient (Wildman–Crippen LogP) is 3.33. The zero-order chi connectivity index (χ0) is 22.8. The minimum atomic E-state index is -0.535. The molecule has 0 saturated carbocycles. The van der Waals surface area contributed by atoms with Gasteiger partial charge in [-0.25, -0.2) is 19.6 Å². The Morgan fingerprint density at radius 2 is 1.55 bits per heavy atom. The number of nitro groups is 2. The maximum atomic E-state index is 10.4. The van der Waals surface area contributed by atoms with Gasteiger partial charge in [0.2, 0.25) is 10.6 Å². The van der Waals surface area contributed by atoms with Crippen molar-refractivity contribution in [2.45, 2.75) is 0 Å². The number of rotatable bonds is 3. The molecule has 0 aliphatic carbocycles. The highest BCUT2D eigenvalue weighted by Crippen LogP contribution is 2.12. The molecule has 0 radical (unpaired) electrons. The maximum Gasteiger partial charge on any atom is 0.307 e. The lowest BCUT2D eigenvalue weighted by atomic mass is 10.5. The first-order chi connectivity index (χ1) is 14.8. The second kappa shape index (κ2) is 11.4. The van der Waals surface area contributed by atoms with Crippen LogP contribution in [-0.2, 0) is 0 Å². The van der Waals surface area contributed by atoms with Gasteiger partial charge in [-0.2, -0.15) is 15.2 Å². The number of halogens is 3. The smallest absolute Gasteiger partial charge is 0.279 e. The third-order valence-corrected chi connectivity index (χ3v) is 3.49. The van der Waals surface area contributed by atoms with Crippen LogP contribution in [0.2, 0.25) is 15.7 Å². The van der Waals surface area contributed by atoms with Crippen LogP contribution in [0.3, 0.4) is 0 Å². The molecular formula is C14H9Cl3N10O4. The Labute approximate surface area is 187 Å². The molecule has 0 atom stereocenters. The first kappa shape index (κ1) is 23.5. The Kier molecular flexibility index (Phi) is 8.68. The van der Waals surface area contributed by atoms with E-state index >= 15 is 0 Å². The van der Waals surface area contributed by atoms with Crippen LogP contribution in [0.5, 0.6) is 0 Å². The predicted molar refractivity (Wildman–Crippen MR) is 108 cm³/mol. The molecule has 0 saturated heterocycles. The normalized spacial score (nSPS) is 9.65. The van der Waals surface area contributed by atoms with Gasteiger partial charge in [-0.05, 0) is 29.3 Å². The number of H-pyrrole nitrogens is 1. The highest BCUT2D eigenvalue weighted by molar-refractivity contribution is 6.31. The fourth-order valence-corrected chi connectivity index (χ4v) is 2.12. The van der Waals surface area contributed by atoms with Crippen LogP contribution in [-0.4, -0.2) is 49.8 Å². The summed E-state index contributed by atoms with van der Waals surface area (Å²) in [6.07, 6.45) is 7.70. The third-order valence-electron chi connectivity index (χ3n) is 2.91. The molecule has 14 nitrogen and oxygen atoms in total. The second-order valence-electron chi connectivity index (χ2n) is 4.95. The van der Waals surface area contributed by atoms with Crippen molar-refractivity contribution in [3.8, 4) is 5.82 Å². The summed E-state index contributed by atoms with van der Waals surface area (Å²) < 4.78 is 1.26. The van der Waals surface area contributed by atoms with Crippen molar-refractivity contribution in [3.63, 3.8) is 0 Å². The highest BCUT2D eigenvalue weighted by Gasteiger charge is 2.10. The van der Waals surface area contributed by atoms with Gasteiger partial charge in [-0.1, -0.05) is 11.6 Å². The van der Waals surface area contributed by atoms with Gasteiger partial charge in [0.15, 0.2) is 5.82 Å². The number of hydrogen-bond acceptors (Lipinski definition) is 10. The number of nitrogens with zero attached hydrogens (tertiary/aromatic N) is 9. The molecular weight excluding hydrogens is 479 g/mol. The van der Waals surface area contributed by atoms with E-state index in [0.29, 0.717) is 11.0 Å². The summed E-state index contributed by atoms with van der Waals surface area (Å²) in [4.78, 5) is 33.9. The van der Waals surface area contributed by atoms with Gasteiger partial charge in [-0.15, -0.1) is 0 Å². The largest absolute Gasteiger partial charge is 0.307 e. The van der Waals surface area contributed by atoms with Crippen LogP contribution in [0.25, 0.3) is 5.82 Å². The van der Waals surface area contributed by atoms with E-state index in [4.69, 9.17) is 34.8 Å². The van der Waals surface area contributed by atoms with E-state index in [-0.39, 0.29) is 21.9 Å². The Morgan fingerprint density at radius 3 is 1.97 bits per heavy atom. The topological polar surface area (TPSA) is 184 Å². The molecule has 4 heterocycles. The average Bonchev–Trinajstić information content (AvgIpc) is 3.41. The fourth-order valence-electron chi connectivity index (χ4n) is 1.65. The molecule has 0 bridgehead atoms. The highest BCUT2D eigenvalue weighted by atomic mass is 35.5. The minimum absolute atomic E-state index is 0.00926. The maximum absolute atomic E-state index is 10.4. The molecule has 17 heteroatoms. The van der Waals surface area contributed by atoms with E-state index in [2.05, 4.69) is 35.2 Å². The first-order valence-corrected chi connectivity index (χ1v) is 8.85. The molecule has 0 amide bonds. The van der Waals surface area contributed by atoms with Gasteiger partial charge in [0.1, 0.15) is 23.7 Å². The van der Waals surface area contributed by atoms with E-state index in [1.54, 1.807) is 12.1 Å². The van der Waals surface area contributed by atoms with Crippen LogP contribution >= 0.6 is 34.8 Å². The molecule has 160 valence electrons. The Bertz CT molecular complexity index is 1140. The van der Waals surface area contributed by atoms with Crippen LogP contribution in [0.1, 0.15) is 0 Å². The molecule has 0 aliphatic heterocycles. The molecule has 0 aliphatic rings. The molecule has 31 heavy (non-hydrogen) atoms. The second-order valence-corrected chi connectivity index (χ2v) is 6.01. The van der Waals surface area contributed by atoms with Crippen molar-refractivity contribution in [1.29, 1.82) is 0 Å². The summed E-state index contributed by atoms with van der Waals surface area (Å²) in [5.41, 5.74) is -0.116. The minimum Gasteiger partial charge on any atom is -0.279 e. The summed E-state index contributed by atoms with van der Waals surface area (Å²) in [6.45, 7) is 0. The molecule has 4 rings (SSSR count). The number of aromatic amines is 1. The molecule has 0 unspecified atom stereocenters. The zero-order valence-electron chi connectivity index (χ0n) is 14.9. The van der Waals surface area contributed by atoms with E-state index < -0.39 is 9.85 Å². The van der Waals surface area contributed by atoms with Gasteiger partial charge in [-0.3, -0.25) is 25.3 Å². The first-order valence-electron chi connectivity index (χ1n) is 7.71. The summed E-state index contributed by atoms with van der Waals surface area (Å²) in [7, 11) is 0. The Hall–Kier alpha value is -3.75. The van der Waals surface area contributed by atoms with Crippen molar-refractivity contribution in [3.05, 3.63) is 85.3 Å².